The fourth-order valence-electron chi connectivity index (χ4n) is 3.37. The van der Waals surface area contributed by atoms with Crippen LogP contribution in [0.3, 0.4) is 0 Å². The third-order valence-corrected chi connectivity index (χ3v) is 5.71. The Hall–Kier alpha value is 0.550. The largest absolute Gasteiger partial charge is 0.378 e. The first kappa shape index (κ1) is 14.0. The summed E-state index contributed by atoms with van der Waals surface area (Å²) in [5.74, 6) is 0.326. The Morgan fingerprint density at radius 2 is 1.59 bits per heavy atom. The maximum atomic E-state index is 14.1. The maximum Gasteiger partial charge on any atom is 0.157 e. The first-order valence-electron chi connectivity index (χ1n) is 6.58. The maximum absolute atomic E-state index is 14.1. The lowest BCUT2D eigenvalue weighted by Crippen LogP contribution is -2.45. The molecule has 4 unspecified atom stereocenters. The van der Waals surface area contributed by atoms with Crippen molar-refractivity contribution < 1.29 is 13.5 Å². The molecule has 0 aromatic rings. The minimum absolute atomic E-state index is 0.0692. The third kappa shape index (κ3) is 3.11. The minimum Gasteiger partial charge on any atom is -0.378 e. The van der Waals surface area contributed by atoms with Crippen LogP contribution in [0.15, 0.2) is 0 Å². The Bertz CT molecular complexity index is 242. The molecule has 2 rings (SSSR count). The number of alkyl halides is 3. The second kappa shape index (κ2) is 6.13. The first-order chi connectivity index (χ1) is 8.13. The number of hydrogen-bond donors (Lipinski definition) is 0. The van der Waals surface area contributed by atoms with Crippen molar-refractivity contribution in [2.45, 2.75) is 60.9 Å². The molecule has 0 amide bonds. The van der Waals surface area contributed by atoms with E-state index in [1.165, 1.54) is 20.0 Å². The smallest absolute Gasteiger partial charge is 0.157 e. The Kier molecular flexibility index (Phi) is 5.04. The van der Waals surface area contributed by atoms with Gasteiger partial charge in [0.1, 0.15) is 6.17 Å². The highest BCUT2D eigenvalue weighted by Crippen LogP contribution is 2.42. The molecule has 0 aromatic heterocycles. The van der Waals surface area contributed by atoms with Gasteiger partial charge < -0.3 is 4.74 Å². The molecule has 4 atom stereocenters. The fraction of sp³-hybridized carbons (Fsp3) is 1.00. The summed E-state index contributed by atoms with van der Waals surface area (Å²) >= 11 is 2.47. The van der Waals surface area contributed by atoms with Gasteiger partial charge in [-0.05, 0) is 50.4 Å². The summed E-state index contributed by atoms with van der Waals surface area (Å²) < 4.78 is 33.7. The van der Waals surface area contributed by atoms with E-state index >= 15 is 0 Å². The van der Waals surface area contributed by atoms with Crippen LogP contribution in [0.2, 0.25) is 0 Å². The molecule has 0 aromatic carbocycles. The zero-order valence-electron chi connectivity index (χ0n) is 10.2. The molecule has 2 saturated carbocycles. The van der Waals surface area contributed by atoms with E-state index in [0.717, 1.165) is 23.2 Å². The highest BCUT2D eigenvalue weighted by Gasteiger charge is 2.44. The van der Waals surface area contributed by atoms with E-state index in [1.54, 1.807) is 0 Å². The van der Waals surface area contributed by atoms with Crippen LogP contribution < -0.4 is 0 Å². The molecule has 0 radical (unpaired) electrons. The molecule has 0 heterocycles. The van der Waals surface area contributed by atoms with Crippen LogP contribution in [0.4, 0.5) is 8.78 Å². The highest BCUT2D eigenvalue weighted by atomic mass is 127. The minimum atomic E-state index is -1.42. The van der Waals surface area contributed by atoms with Gasteiger partial charge in [0, 0.05) is 11.0 Å². The second-order valence-electron chi connectivity index (χ2n) is 5.42. The van der Waals surface area contributed by atoms with Crippen LogP contribution >= 0.6 is 22.6 Å². The van der Waals surface area contributed by atoms with Gasteiger partial charge in [-0.3, -0.25) is 0 Å². The van der Waals surface area contributed by atoms with Crippen molar-refractivity contribution in [2.24, 2.45) is 11.8 Å². The zero-order valence-corrected chi connectivity index (χ0v) is 12.4. The number of rotatable bonds is 2. The quantitative estimate of drug-likeness (QED) is 0.534. The first-order valence-corrected chi connectivity index (χ1v) is 7.83. The molecular weight excluding hydrogens is 337 g/mol. The molecule has 4 heteroatoms. The van der Waals surface area contributed by atoms with E-state index in [9.17, 15) is 8.78 Å². The van der Waals surface area contributed by atoms with E-state index in [-0.39, 0.29) is 5.92 Å². The summed E-state index contributed by atoms with van der Waals surface area (Å²) in [5.41, 5.74) is 0. The molecule has 0 spiro atoms. The number of halogens is 3. The molecule has 2 fully saturated rings. The van der Waals surface area contributed by atoms with E-state index in [0.29, 0.717) is 12.3 Å². The van der Waals surface area contributed by atoms with Gasteiger partial charge in [-0.2, -0.15) is 0 Å². The molecule has 2 aliphatic carbocycles. The van der Waals surface area contributed by atoms with Gasteiger partial charge in [0.2, 0.25) is 0 Å². The van der Waals surface area contributed by atoms with Crippen molar-refractivity contribution in [1.82, 2.24) is 0 Å². The predicted octanol–water partition coefficient (Wildman–Crippen LogP) is 4.08. The Labute approximate surface area is 116 Å². The molecule has 0 bridgehead atoms. The fourth-order valence-corrected chi connectivity index (χ4v) is 4.09. The average Bonchev–Trinajstić information content (AvgIpc) is 2.34. The highest BCUT2D eigenvalue weighted by molar-refractivity contribution is 14.1. The van der Waals surface area contributed by atoms with Gasteiger partial charge in [-0.15, -0.1) is 0 Å². The summed E-state index contributed by atoms with van der Waals surface area (Å²) in [4.78, 5) is 0. The Morgan fingerprint density at radius 3 is 2.18 bits per heavy atom. The van der Waals surface area contributed by atoms with E-state index in [2.05, 4.69) is 22.6 Å². The summed E-state index contributed by atoms with van der Waals surface area (Å²) in [6.07, 6.45) is 2.68. The van der Waals surface area contributed by atoms with Gasteiger partial charge in [-0.25, -0.2) is 8.78 Å². The lowest BCUT2D eigenvalue weighted by atomic mass is 9.71. The van der Waals surface area contributed by atoms with Gasteiger partial charge in [0.25, 0.3) is 0 Å². The number of hydrogen-bond acceptors (Lipinski definition) is 1. The molecule has 0 aliphatic heterocycles. The van der Waals surface area contributed by atoms with E-state index in [4.69, 9.17) is 4.74 Å². The van der Waals surface area contributed by atoms with Gasteiger partial charge in [0.15, 0.2) is 6.17 Å². The standard InChI is InChI=1S/C13H21F2IO/c1-17-11-7-6-10(12(14)13(11)15)8-2-4-9(16)5-3-8/h8-13H,2-7H2,1H3. The van der Waals surface area contributed by atoms with E-state index < -0.39 is 18.4 Å². The summed E-state index contributed by atoms with van der Waals surface area (Å²) in [5, 5.41) is 0. The van der Waals surface area contributed by atoms with Crippen LogP contribution in [0.1, 0.15) is 38.5 Å². The lowest BCUT2D eigenvalue weighted by Gasteiger charge is -2.40. The van der Waals surface area contributed by atoms with Gasteiger partial charge in [0.05, 0.1) is 6.10 Å². The van der Waals surface area contributed by atoms with Crippen molar-refractivity contribution in [1.29, 1.82) is 0 Å². The lowest BCUT2D eigenvalue weighted by molar-refractivity contribution is -0.0705. The normalized spacial score (nSPS) is 48.0. The van der Waals surface area contributed by atoms with E-state index in [1.807, 2.05) is 0 Å². The molecule has 2 aliphatic rings. The van der Waals surface area contributed by atoms with Crippen molar-refractivity contribution in [2.75, 3.05) is 7.11 Å². The molecule has 100 valence electrons. The number of ether oxygens (including phenoxy) is 1. The zero-order chi connectivity index (χ0) is 12.4. The average molecular weight is 358 g/mol. The van der Waals surface area contributed by atoms with Crippen molar-refractivity contribution in [3.63, 3.8) is 0 Å². The Morgan fingerprint density at radius 1 is 0.941 bits per heavy atom. The predicted molar refractivity (Wildman–Crippen MR) is 73.1 cm³/mol. The van der Waals surface area contributed by atoms with Crippen LogP contribution in [0.5, 0.6) is 0 Å². The van der Waals surface area contributed by atoms with Crippen LogP contribution in [0, 0.1) is 11.8 Å². The molecule has 17 heavy (non-hydrogen) atoms. The molecule has 1 nitrogen and oxygen atoms in total. The summed E-state index contributed by atoms with van der Waals surface area (Å²) in [6.45, 7) is 0. The summed E-state index contributed by atoms with van der Waals surface area (Å²) in [7, 11) is 1.48. The van der Waals surface area contributed by atoms with Gasteiger partial charge >= 0.3 is 0 Å². The Balaban J connectivity index is 1.93. The summed E-state index contributed by atoms with van der Waals surface area (Å²) in [6, 6.07) is 0. The van der Waals surface area contributed by atoms with Crippen LogP contribution in [0.25, 0.3) is 0 Å². The van der Waals surface area contributed by atoms with Crippen molar-refractivity contribution in [3.8, 4) is 0 Å². The number of methoxy groups -OCH3 is 1. The topological polar surface area (TPSA) is 9.23 Å². The van der Waals surface area contributed by atoms with Crippen LogP contribution in [-0.2, 0) is 4.74 Å². The van der Waals surface area contributed by atoms with Crippen molar-refractivity contribution >= 4 is 22.6 Å². The molecular formula is C13H21F2IO. The van der Waals surface area contributed by atoms with Gasteiger partial charge in [-0.1, -0.05) is 22.6 Å². The molecule has 0 saturated heterocycles. The monoisotopic (exact) mass is 358 g/mol. The molecule has 0 N–H and O–H groups in total. The van der Waals surface area contributed by atoms with Crippen LogP contribution in [-0.4, -0.2) is 29.5 Å². The van der Waals surface area contributed by atoms with Crippen molar-refractivity contribution in [3.05, 3.63) is 0 Å². The third-order valence-electron chi connectivity index (χ3n) is 4.46. The second-order valence-corrected chi connectivity index (χ2v) is 7.18. The SMILES string of the molecule is COC1CCC(C2CCC(I)CC2)C(F)C1F.